The molecule has 6 aliphatic heterocycles. The van der Waals surface area contributed by atoms with Gasteiger partial charge in [-0.05, 0) is 129 Å². The highest BCUT2D eigenvalue weighted by atomic mass is 16.7. The Kier molecular flexibility index (Phi) is 31.4. The van der Waals surface area contributed by atoms with E-state index in [9.17, 15) is 65.1 Å². The molecule has 6 heterocycles. The van der Waals surface area contributed by atoms with Crippen LogP contribution >= 0.6 is 0 Å². The average Bonchev–Trinajstić information content (AvgIpc) is 0.782. The summed E-state index contributed by atoms with van der Waals surface area (Å²) in [5.74, 6) is -9.51. The number of aliphatic hydroxyl groups excluding tert-OH is 6. The minimum absolute atomic E-state index is 0.0433. The van der Waals surface area contributed by atoms with Gasteiger partial charge < -0.3 is 113 Å². The summed E-state index contributed by atoms with van der Waals surface area (Å²) in [5.41, 5.74) is -7.50. The van der Waals surface area contributed by atoms with E-state index < -0.39 is 197 Å². The van der Waals surface area contributed by atoms with Crippen molar-refractivity contribution in [1.82, 2.24) is 9.80 Å². The van der Waals surface area contributed by atoms with E-state index in [1.165, 1.54) is 35.0 Å². The molecule has 27 nitrogen and oxygen atoms in total. The molecule has 0 aromatic carbocycles. The van der Waals surface area contributed by atoms with Crippen LogP contribution in [0.1, 0.15) is 176 Å². The highest BCUT2D eigenvalue weighted by molar-refractivity contribution is 5.84. The van der Waals surface area contributed by atoms with Crippen LogP contribution in [-0.2, 0) is 76.0 Å². The number of carbonyl (C=O) groups is 4. The molecule has 99 heavy (non-hydrogen) atoms. The summed E-state index contributed by atoms with van der Waals surface area (Å²) in [4.78, 5) is 59.3. The zero-order valence-corrected chi connectivity index (χ0v) is 63.8. The Morgan fingerprint density at radius 3 is 1.21 bits per heavy atom. The van der Waals surface area contributed by atoms with Gasteiger partial charge in [-0.25, -0.2) is 0 Å². The molecule has 578 valence electrons. The Morgan fingerprint density at radius 1 is 0.485 bits per heavy atom. The lowest BCUT2D eigenvalue weighted by atomic mass is 9.74. The van der Waals surface area contributed by atoms with E-state index in [-0.39, 0.29) is 75.4 Å². The summed E-state index contributed by atoms with van der Waals surface area (Å²) >= 11 is 0. The lowest BCUT2D eigenvalue weighted by molar-refractivity contribution is -0.311. The van der Waals surface area contributed by atoms with Crippen LogP contribution in [-0.4, -0.2) is 286 Å². The van der Waals surface area contributed by atoms with E-state index in [1.807, 2.05) is 58.8 Å². The first kappa shape index (κ1) is 87.1. The minimum Gasteiger partial charge on any atom is -0.462 e. The monoisotopic (exact) mass is 1420 g/mol. The van der Waals surface area contributed by atoms with Gasteiger partial charge >= 0.3 is 11.9 Å². The van der Waals surface area contributed by atoms with Crippen molar-refractivity contribution in [3.8, 4) is 0 Å². The Labute approximate surface area is 588 Å². The van der Waals surface area contributed by atoms with Gasteiger partial charge in [0.15, 0.2) is 25.2 Å². The van der Waals surface area contributed by atoms with Crippen molar-refractivity contribution < 1.29 is 122 Å². The van der Waals surface area contributed by atoms with Crippen LogP contribution in [0.2, 0.25) is 0 Å². The first-order chi connectivity index (χ1) is 45.7. The third-order valence-electron chi connectivity index (χ3n) is 23.0. The van der Waals surface area contributed by atoms with Gasteiger partial charge in [-0.1, -0.05) is 62.3 Å². The lowest BCUT2D eigenvalue weighted by Crippen LogP contribution is -2.60. The molecule has 9 N–H and O–H groups in total. The molecule has 0 spiro atoms. The molecular weight excluding hydrogens is 1290 g/mol. The summed E-state index contributed by atoms with van der Waals surface area (Å²) in [6.07, 6.45) is -16.0. The number of methoxy groups -OCH3 is 2. The molecule has 0 radical (unpaired) electrons. The van der Waals surface area contributed by atoms with Crippen LogP contribution in [0.4, 0.5) is 0 Å². The third-order valence-corrected chi connectivity index (χ3v) is 23.0. The summed E-state index contributed by atoms with van der Waals surface area (Å²) in [6.45, 7) is 30.1. The van der Waals surface area contributed by atoms with Crippen molar-refractivity contribution >= 4 is 23.5 Å². The van der Waals surface area contributed by atoms with Gasteiger partial charge in [0.25, 0.3) is 0 Å². The Bertz CT molecular complexity index is 2560. The van der Waals surface area contributed by atoms with Gasteiger partial charge in [0.1, 0.15) is 53.8 Å². The number of ether oxygens (including phenoxy) is 12. The number of carbonyl (C=O) groups excluding carboxylic acids is 4. The van der Waals surface area contributed by atoms with E-state index in [0.717, 1.165) is 0 Å². The van der Waals surface area contributed by atoms with Gasteiger partial charge in [-0.3, -0.25) is 19.2 Å². The van der Waals surface area contributed by atoms with Crippen LogP contribution in [0.5, 0.6) is 0 Å². The summed E-state index contributed by atoms with van der Waals surface area (Å²) in [6, 6.07) is -0.614. The zero-order chi connectivity index (χ0) is 75.3. The molecule has 27 heteroatoms. The molecule has 6 saturated heterocycles. The van der Waals surface area contributed by atoms with Gasteiger partial charge in [0.2, 0.25) is 0 Å². The minimum atomic E-state index is -1.99. The molecule has 0 amide bonds. The van der Waals surface area contributed by atoms with E-state index in [1.54, 1.807) is 83.1 Å². The number of aliphatic hydroxyl groups is 9. The fourth-order valence-corrected chi connectivity index (χ4v) is 16.0. The fraction of sp³-hybridized carbons (Fsp3) is 0.944. The molecule has 0 saturated carbocycles. The maximum Gasteiger partial charge on any atom is 0.311 e. The topological polar surface area (TPSA) is 368 Å². The number of rotatable bonds is 14. The lowest BCUT2D eigenvalue weighted by Gasteiger charge is -2.48. The highest BCUT2D eigenvalue weighted by Crippen LogP contribution is 2.43. The Morgan fingerprint density at radius 2 is 0.859 bits per heavy atom. The number of nitrogens with zero attached hydrogens (tertiary/aromatic N) is 2. The molecule has 0 aromatic rings. The standard InChI is InChI=1S/C36H65NO13.C36H65NO12/c1-13-25-36(9,44)30(41)20(4)27(39)18(2)15-34(7,43)31(50-33-28(40)23(37(10)11)14-19(3)47-33)21(5)29(22(6)32(42)48-25)49-26-16-35(8,45-12)24(38)17-46-26;1-13-25-20(4)29(40)21(5)28(39)18(2)15-35(8,43)32(49-34-30(41)24(37(10)11)14-19(3)46-34)22(6)31(23(7)33(42)47-25)48-27-16-36(9,44-12)26(38)17-45-27/h18-26,28-31,33,38,40-41,43-44H,13-17H2,1-12H3;18-27,29-32,34,38,40-41,43H,13-17H2,1-12H3/t18-,19-,20+,21+,22-,23+,24?,25-,26?,28-,29+,30-,31-,33?,34-,35-,36-;18-,19-,20+,21+,22+,23-,24+,25-,26?,27?,29+,30-,31+,32-,34?,35-,36-/m11/s1. The Hall–Kier alpha value is -2.56. The molecule has 6 aliphatic rings. The number of ketones is 2. The van der Waals surface area contributed by atoms with Gasteiger partial charge in [0.05, 0.1) is 96.3 Å². The van der Waals surface area contributed by atoms with Gasteiger partial charge in [-0.15, -0.1) is 0 Å². The summed E-state index contributed by atoms with van der Waals surface area (Å²) < 4.78 is 73.6. The van der Waals surface area contributed by atoms with Gasteiger partial charge in [0, 0.05) is 80.6 Å². The molecule has 6 fully saturated rings. The fourth-order valence-electron chi connectivity index (χ4n) is 16.0. The van der Waals surface area contributed by atoms with E-state index in [2.05, 4.69) is 0 Å². The van der Waals surface area contributed by atoms with Crippen LogP contribution in [0, 0.1) is 53.3 Å². The number of hydrogen-bond donors (Lipinski definition) is 9. The SMILES string of the molecule is CC[C@H]1OC(=O)[C@H](C)[C@@H](OC2C[C@@](C)(OC)C(O)CO2)[C@H](C)[C@@H](OC2O[C@H](C)C[C@H](N(C)C)[C@H]2O)[C@](C)(O)C[C@@H](C)C(=O)[C@H](C)[C@@H](O)[C@H]1C.CC[C@H]1OC(=O)[C@H](C)[C@@H](OC2C[C@@](C)(OC)C(O)CO2)[C@H](C)[C@@H](OC2O[C@H](C)C[C@H](N(C)C)[C@H]2O)[C@](C)(O)C[C@@H](C)C(=O)[C@H](C)[C@@H](O)[C@]1(C)O. The second-order valence-corrected chi connectivity index (χ2v) is 31.8. The largest absolute Gasteiger partial charge is 0.462 e. The zero-order valence-electron chi connectivity index (χ0n) is 63.8. The smallest absolute Gasteiger partial charge is 0.311 e. The predicted octanol–water partition coefficient (Wildman–Crippen LogP) is 3.68. The third kappa shape index (κ3) is 20.5. The van der Waals surface area contributed by atoms with E-state index in [4.69, 9.17) is 56.8 Å². The van der Waals surface area contributed by atoms with Crippen molar-refractivity contribution in [2.45, 2.75) is 327 Å². The van der Waals surface area contributed by atoms with Crippen LogP contribution in [0.15, 0.2) is 0 Å². The van der Waals surface area contributed by atoms with Crippen molar-refractivity contribution in [1.29, 1.82) is 0 Å². The van der Waals surface area contributed by atoms with Crippen molar-refractivity contribution in [2.24, 2.45) is 53.3 Å². The van der Waals surface area contributed by atoms with Crippen molar-refractivity contribution in [2.75, 3.05) is 55.6 Å². The second-order valence-electron chi connectivity index (χ2n) is 31.8. The molecule has 6 rings (SSSR count). The quantitative estimate of drug-likeness (QED) is 0.112. The average molecular weight is 1420 g/mol. The molecule has 6 unspecified atom stereocenters. The highest BCUT2D eigenvalue weighted by Gasteiger charge is 2.56. The number of likely N-dealkylation sites (N-methyl/N-ethyl adjacent to an activating group) is 2. The van der Waals surface area contributed by atoms with Crippen molar-refractivity contribution in [3.05, 3.63) is 0 Å². The normalized spacial score (nSPS) is 48.6. The summed E-state index contributed by atoms with van der Waals surface area (Å²) in [7, 11) is 10.4. The van der Waals surface area contributed by atoms with Crippen LogP contribution in [0.25, 0.3) is 0 Å². The first-order valence-corrected chi connectivity index (χ1v) is 36.0. The summed E-state index contributed by atoms with van der Waals surface area (Å²) in [5, 5.41) is 103. The maximum atomic E-state index is 14.0. The molecule has 34 atom stereocenters. The van der Waals surface area contributed by atoms with Gasteiger partial charge in [-0.2, -0.15) is 0 Å². The number of esters is 2. The second kappa shape index (κ2) is 35.7. The number of cyclic esters (lactones) is 2. The molecule has 0 aliphatic carbocycles. The van der Waals surface area contributed by atoms with Crippen LogP contribution in [0.3, 0.4) is 0 Å². The molecular formula is C72H130N2O25. The number of hydrogen-bond acceptors (Lipinski definition) is 27. The Balaban J connectivity index is 0.000000357. The van der Waals surface area contributed by atoms with Crippen LogP contribution < -0.4 is 0 Å². The predicted molar refractivity (Wildman–Crippen MR) is 362 cm³/mol. The molecule has 0 bridgehead atoms. The maximum absolute atomic E-state index is 14.0. The number of Topliss-reactive ketones (excluding diaryl/α,β-unsaturated/α-hetero) is 2. The molecule has 0 aromatic heterocycles. The first-order valence-electron chi connectivity index (χ1n) is 36.0. The van der Waals surface area contributed by atoms with E-state index in [0.29, 0.717) is 19.3 Å². The van der Waals surface area contributed by atoms with Crippen molar-refractivity contribution in [3.63, 3.8) is 0 Å². The van der Waals surface area contributed by atoms with E-state index >= 15 is 0 Å².